The van der Waals surface area contributed by atoms with Crippen molar-refractivity contribution in [2.24, 2.45) is 0 Å². The topological polar surface area (TPSA) is 17.3 Å². The summed E-state index contributed by atoms with van der Waals surface area (Å²) in [6, 6.07) is 12.3. The number of imidazole rings is 1. The van der Waals surface area contributed by atoms with E-state index in [9.17, 15) is 0 Å². The molecule has 0 aliphatic rings. The molecule has 0 N–H and O–H groups in total. The number of nitrogens with zero attached hydrogens (tertiary/aromatic N) is 2. The van der Waals surface area contributed by atoms with Gasteiger partial charge in [-0.05, 0) is 34.5 Å². The Morgan fingerprint density at radius 3 is 2.65 bits per heavy atom. The van der Waals surface area contributed by atoms with Crippen molar-refractivity contribution in [1.82, 2.24) is 9.38 Å². The second-order valence-electron chi connectivity index (χ2n) is 4.09. The third kappa shape index (κ3) is 1.87. The first-order chi connectivity index (χ1) is 8.24. The lowest BCUT2D eigenvalue weighted by atomic mass is 10.2. The van der Waals surface area contributed by atoms with Crippen LogP contribution in [0.15, 0.2) is 53.3 Å². The molecule has 0 fully saturated rings. The van der Waals surface area contributed by atoms with Crippen LogP contribution in [0.25, 0.3) is 16.9 Å². The largest absolute Gasteiger partial charge is 0.305 e. The van der Waals surface area contributed by atoms with Gasteiger partial charge in [0.25, 0.3) is 0 Å². The van der Waals surface area contributed by atoms with Crippen molar-refractivity contribution < 1.29 is 0 Å². The minimum atomic E-state index is 0.953. The van der Waals surface area contributed by atoms with Crippen molar-refractivity contribution in [3.63, 3.8) is 0 Å². The first-order valence-electron chi connectivity index (χ1n) is 5.44. The highest BCUT2D eigenvalue weighted by Crippen LogP contribution is 2.24. The van der Waals surface area contributed by atoms with Crippen LogP contribution in [0.3, 0.4) is 0 Å². The number of hydrogen-bond donors (Lipinski definition) is 0. The van der Waals surface area contributed by atoms with E-state index < -0.39 is 0 Å². The lowest BCUT2D eigenvalue weighted by molar-refractivity contribution is 1.15. The molecule has 0 saturated heterocycles. The highest BCUT2D eigenvalue weighted by atomic mass is 79.9. The van der Waals surface area contributed by atoms with Gasteiger partial charge in [-0.1, -0.05) is 30.3 Å². The molecule has 0 bridgehead atoms. The van der Waals surface area contributed by atoms with Crippen LogP contribution in [0.2, 0.25) is 0 Å². The lowest BCUT2D eigenvalue weighted by Crippen LogP contribution is -1.85. The summed E-state index contributed by atoms with van der Waals surface area (Å²) in [5.41, 5.74) is 4.30. The molecule has 0 saturated carbocycles. The zero-order valence-electron chi connectivity index (χ0n) is 9.39. The normalized spacial score (nSPS) is 10.9. The molecule has 0 aliphatic heterocycles. The summed E-state index contributed by atoms with van der Waals surface area (Å²) < 4.78 is 3.08. The van der Waals surface area contributed by atoms with Gasteiger partial charge in [-0.15, -0.1) is 0 Å². The summed E-state index contributed by atoms with van der Waals surface area (Å²) in [5.74, 6) is 0. The smallest absolute Gasteiger partial charge is 0.151 e. The molecule has 0 spiro atoms. The molecule has 84 valence electrons. The van der Waals surface area contributed by atoms with Gasteiger partial charge >= 0.3 is 0 Å². The van der Waals surface area contributed by atoms with Crippen LogP contribution in [0.4, 0.5) is 0 Å². The third-order valence-corrected chi connectivity index (χ3v) is 3.30. The number of rotatable bonds is 1. The molecular weight excluding hydrogens is 276 g/mol. The number of benzene rings is 1. The van der Waals surface area contributed by atoms with Crippen LogP contribution in [0.1, 0.15) is 5.56 Å². The molecule has 3 heteroatoms. The van der Waals surface area contributed by atoms with Crippen LogP contribution < -0.4 is 0 Å². The van der Waals surface area contributed by atoms with Crippen LogP contribution >= 0.6 is 15.9 Å². The number of aryl methyl sites for hydroxylation is 1. The molecule has 0 unspecified atom stereocenters. The summed E-state index contributed by atoms with van der Waals surface area (Å²) in [7, 11) is 0. The molecule has 2 nitrogen and oxygen atoms in total. The molecule has 0 atom stereocenters. The maximum atomic E-state index is 4.64. The fourth-order valence-corrected chi connectivity index (χ4v) is 2.59. The number of pyridine rings is 1. The Morgan fingerprint density at radius 1 is 1.12 bits per heavy atom. The minimum Gasteiger partial charge on any atom is -0.305 e. The minimum absolute atomic E-state index is 0.953. The fourth-order valence-electron chi connectivity index (χ4n) is 1.94. The molecule has 2 heterocycles. The standard InChI is InChI=1S/C14H11BrN2/c1-10-7-12(15)14-16-13(9-17(14)8-10)11-5-3-2-4-6-11/h2-9H,1H3. The van der Waals surface area contributed by atoms with E-state index >= 15 is 0 Å². The van der Waals surface area contributed by atoms with Crippen molar-refractivity contribution in [1.29, 1.82) is 0 Å². The zero-order chi connectivity index (χ0) is 11.8. The quantitative estimate of drug-likeness (QED) is 0.659. The molecule has 0 aliphatic carbocycles. The molecule has 17 heavy (non-hydrogen) atoms. The summed E-state index contributed by atoms with van der Waals surface area (Å²) in [6.45, 7) is 2.08. The van der Waals surface area contributed by atoms with Gasteiger partial charge in [-0.3, -0.25) is 0 Å². The summed E-state index contributed by atoms with van der Waals surface area (Å²) in [6.07, 6.45) is 4.14. The maximum Gasteiger partial charge on any atom is 0.151 e. The molecule has 1 aromatic carbocycles. The highest BCUT2D eigenvalue weighted by Gasteiger charge is 2.06. The Hall–Kier alpha value is -1.61. The Morgan fingerprint density at radius 2 is 1.88 bits per heavy atom. The Labute approximate surface area is 108 Å². The molecule has 0 amide bonds. The number of hydrogen-bond acceptors (Lipinski definition) is 1. The van der Waals surface area contributed by atoms with Crippen LogP contribution in [0, 0.1) is 6.92 Å². The van der Waals surface area contributed by atoms with Gasteiger partial charge in [0.2, 0.25) is 0 Å². The summed E-state index contributed by atoms with van der Waals surface area (Å²) >= 11 is 3.55. The van der Waals surface area contributed by atoms with Gasteiger partial charge < -0.3 is 4.40 Å². The molecule has 3 aromatic rings. The van der Waals surface area contributed by atoms with Gasteiger partial charge in [-0.25, -0.2) is 4.98 Å². The van der Waals surface area contributed by atoms with E-state index in [-0.39, 0.29) is 0 Å². The number of halogens is 1. The van der Waals surface area contributed by atoms with Crippen molar-refractivity contribution in [2.75, 3.05) is 0 Å². The van der Waals surface area contributed by atoms with Crippen LogP contribution in [0.5, 0.6) is 0 Å². The first-order valence-corrected chi connectivity index (χ1v) is 6.23. The summed E-state index contributed by atoms with van der Waals surface area (Å²) in [5, 5.41) is 0. The Bertz CT molecular complexity index is 671. The third-order valence-electron chi connectivity index (χ3n) is 2.71. The van der Waals surface area contributed by atoms with E-state index in [0.717, 1.165) is 21.4 Å². The highest BCUT2D eigenvalue weighted by molar-refractivity contribution is 9.10. The van der Waals surface area contributed by atoms with Crippen LogP contribution in [-0.4, -0.2) is 9.38 Å². The monoisotopic (exact) mass is 286 g/mol. The van der Waals surface area contributed by atoms with Crippen molar-refractivity contribution in [3.8, 4) is 11.3 Å². The maximum absolute atomic E-state index is 4.64. The SMILES string of the molecule is Cc1cc(Br)c2nc(-c3ccccc3)cn2c1. The fraction of sp³-hybridized carbons (Fsp3) is 0.0714. The molecule has 3 rings (SSSR count). The Kier molecular flexibility index (Phi) is 2.48. The number of fused-ring (bicyclic) bond motifs is 1. The second-order valence-corrected chi connectivity index (χ2v) is 4.94. The second kappa shape index (κ2) is 4.00. The van der Waals surface area contributed by atoms with Gasteiger partial charge in [0.15, 0.2) is 5.65 Å². The predicted octanol–water partition coefficient (Wildman–Crippen LogP) is 4.07. The van der Waals surface area contributed by atoms with Gasteiger partial charge in [0, 0.05) is 18.0 Å². The van der Waals surface area contributed by atoms with Gasteiger partial charge in [-0.2, -0.15) is 0 Å². The predicted molar refractivity (Wildman–Crippen MR) is 73.1 cm³/mol. The van der Waals surface area contributed by atoms with Crippen LogP contribution in [-0.2, 0) is 0 Å². The van der Waals surface area contributed by atoms with Crippen molar-refractivity contribution in [3.05, 3.63) is 58.8 Å². The van der Waals surface area contributed by atoms with E-state index in [1.807, 2.05) is 18.2 Å². The average molecular weight is 287 g/mol. The van der Waals surface area contributed by atoms with E-state index in [0.29, 0.717) is 0 Å². The lowest BCUT2D eigenvalue weighted by Gasteiger charge is -1.97. The summed E-state index contributed by atoms with van der Waals surface area (Å²) in [4.78, 5) is 4.64. The van der Waals surface area contributed by atoms with Crippen molar-refractivity contribution in [2.45, 2.75) is 6.92 Å². The van der Waals surface area contributed by atoms with E-state index in [1.54, 1.807) is 0 Å². The van der Waals surface area contributed by atoms with E-state index in [2.05, 4.69) is 62.8 Å². The van der Waals surface area contributed by atoms with Crippen molar-refractivity contribution >= 4 is 21.6 Å². The Balaban J connectivity index is 2.24. The zero-order valence-corrected chi connectivity index (χ0v) is 11.0. The van der Waals surface area contributed by atoms with E-state index in [1.165, 1.54) is 5.56 Å². The molecule has 0 radical (unpaired) electrons. The average Bonchev–Trinajstić information content (AvgIpc) is 2.74. The van der Waals surface area contributed by atoms with Gasteiger partial charge in [0.05, 0.1) is 10.2 Å². The molecule has 2 aromatic heterocycles. The van der Waals surface area contributed by atoms with Gasteiger partial charge in [0.1, 0.15) is 0 Å². The molecular formula is C14H11BrN2. The number of aromatic nitrogens is 2. The van der Waals surface area contributed by atoms with E-state index in [4.69, 9.17) is 0 Å². The first kappa shape index (κ1) is 10.5.